The highest BCUT2D eigenvalue weighted by molar-refractivity contribution is 9.11. The highest BCUT2D eigenvalue weighted by Crippen LogP contribution is 2.33. The minimum Gasteiger partial charge on any atom is -0.486 e. The zero-order valence-corrected chi connectivity index (χ0v) is 12.0. The van der Waals surface area contributed by atoms with Crippen molar-refractivity contribution in [1.29, 1.82) is 0 Å². The number of nitrogens with two attached hydrogens (primary N) is 1. The summed E-state index contributed by atoms with van der Waals surface area (Å²) >= 11 is 6.88. The van der Waals surface area contributed by atoms with Crippen LogP contribution in [0.1, 0.15) is 5.56 Å². The van der Waals surface area contributed by atoms with Crippen LogP contribution >= 0.6 is 31.9 Å². The van der Waals surface area contributed by atoms with Crippen molar-refractivity contribution in [3.8, 4) is 5.75 Å². The van der Waals surface area contributed by atoms with Crippen molar-refractivity contribution < 1.29 is 4.74 Å². The van der Waals surface area contributed by atoms with E-state index in [1.165, 1.54) is 0 Å². The molecule has 2 N–H and O–H groups in total. The summed E-state index contributed by atoms with van der Waals surface area (Å²) < 4.78 is 7.54. The van der Waals surface area contributed by atoms with Crippen LogP contribution in [-0.2, 0) is 6.61 Å². The second-order valence-electron chi connectivity index (χ2n) is 3.43. The average Bonchev–Trinajstić information content (AvgIpc) is 2.31. The fourth-order valence-electron chi connectivity index (χ4n) is 1.30. The first kappa shape index (κ1) is 12.4. The monoisotopic (exact) mass is 356 g/mol. The number of para-hydroxylation sites is 1. The van der Waals surface area contributed by atoms with Crippen LogP contribution in [0.5, 0.6) is 5.75 Å². The van der Waals surface area contributed by atoms with Crippen molar-refractivity contribution >= 4 is 37.7 Å². The highest BCUT2D eigenvalue weighted by Gasteiger charge is 2.05. The van der Waals surface area contributed by atoms with Crippen molar-refractivity contribution in [1.82, 2.24) is 4.98 Å². The van der Waals surface area contributed by atoms with E-state index in [9.17, 15) is 0 Å². The van der Waals surface area contributed by atoms with Gasteiger partial charge in [0.25, 0.3) is 0 Å². The number of halogens is 2. The van der Waals surface area contributed by atoms with Crippen LogP contribution in [0.15, 0.2) is 45.5 Å². The molecule has 0 saturated heterocycles. The summed E-state index contributed by atoms with van der Waals surface area (Å²) in [4.78, 5) is 4.01. The molecule has 0 aliphatic rings. The SMILES string of the molecule is Nc1ccc(COc2c(Br)cccc2Br)cn1. The van der Waals surface area contributed by atoms with Gasteiger partial charge < -0.3 is 10.5 Å². The van der Waals surface area contributed by atoms with Gasteiger partial charge >= 0.3 is 0 Å². The van der Waals surface area contributed by atoms with Gasteiger partial charge in [-0.05, 0) is 50.1 Å². The van der Waals surface area contributed by atoms with Gasteiger partial charge in [0.15, 0.2) is 0 Å². The summed E-state index contributed by atoms with van der Waals surface area (Å²) in [6, 6.07) is 9.45. The first-order valence-electron chi connectivity index (χ1n) is 4.94. The lowest BCUT2D eigenvalue weighted by molar-refractivity contribution is 0.302. The number of nitrogen functional groups attached to an aromatic ring is 1. The third-order valence-corrected chi connectivity index (χ3v) is 3.40. The van der Waals surface area contributed by atoms with Gasteiger partial charge in [0, 0.05) is 11.8 Å². The Morgan fingerprint density at radius 2 is 1.82 bits per heavy atom. The lowest BCUT2D eigenvalue weighted by Gasteiger charge is -2.09. The van der Waals surface area contributed by atoms with Crippen LogP contribution in [0.2, 0.25) is 0 Å². The van der Waals surface area contributed by atoms with Crippen molar-refractivity contribution in [2.24, 2.45) is 0 Å². The molecular formula is C12H10Br2N2O. The standard InChI is InChI=1S/C12H10Br2N2O/c13-9-2-1-3-10(14)12(9)17-7-8-4-5-11(15)16-6-8/h1-6H,7H2,(H2,15,16). The number of aromatic nitrogens is 1. The molecule has 0 spiro atoms. The Hall–Kier alpha value is -1.07. The van der Waals surface area contributed by atoms with Crippen LogP contribution in [0, 0.1) is 0 Å². The molecule has 5 heteroatoms. The second-order valence-corrected chi connectivity index (χ2v) is 5.14. The maximum absolute atomic E-state index is 5.72. The summed E-state index contributed by atoms with van der Waals surface area (Å²) in [5.41, 5.74) is 6.49. The van der Waals surface area contributed by atoms with Crippen LogP contribution in [0.25, 0.3) is 0 Å². The molecule has 88 valence electrons. The Balaban J connectivity index is 2.10. The molecule has 0 aliphatic carbocycles. The Labute approximate surface area is 116 Å². The molecule has 17 heavy (non-hydrogen) atoms. The van der Waals surface area contributed by atoms with Gasteiger partial charge in [-0.2, -0.15) is 0 Å². The fraction of sp³-hybridized carbons (Fsp3) is 0.0833. The van der Waals surface area contributed by atoms with Crippen molar-refractivity contribution in [3.63, 3.8) is 0 Å². The van der Waals surface area contributed by atoms with Crippen LogP contribution in [-0.4, -0.2) is 4.98 Å². The highest BCUT2D eigenvalue weighted by atomic mass is 79.9. The largest absolute Gasteiger partial charge is 0.486 e. The van der Waals surface area contributed by atoms with Gasteiger partial charge in [-0.25, -0.2) is 4.98 Å². The minimum absolute atomic E-state index is 0.453. The van der Waals surface area contributed by atoms with E-state index in [-0.39, 0.29) is 0 Å². The Morgan fingerprint density at radius 3 is 2.41 bits per heavy atom. The topological polar surface area (TPSA) is 48.1 Å². The summed E-state index contributed by atoms with van der Waals surface area (Å²) in [5, 5.41) is 0. The summed E-state index contributed by atoms with van der Waals surface area (Å²) in [6.07, 6.45) is 1.71. The molecule has 0 radical (unpaired) electrons. The summed E-state index contributed by atoms with van der Waals surface area (Å²) in [7, 11) is 0. The molecule has 0 amide bonds. The van der Waals surface area contributed by atoms with E-state index < -0.39 is 0 Å². The quantitative estimate of drug-likeness (QED) is 0.909. The summed E-state index contributed by atoms with van der Waals surface area (Å²) in [5.74, 6) is 1.29. The Morgan fingerprint density at radius 1 is 1.12 bits per heavy atom. The van der Waals surface area contributed by atoms with Crippen LogP contribution in [0.4, 0.5) is 5.82 Å². The predicted molar refractivity (Wildman–Crippen MR) is 74.8 cm³/mol. The minimum atomic E-state index is 0.453. The van der Waals surface area contributed by atoms with Gasteiger partial charge in [-0.1, -0.05) is 12.1 Å². The second kappa shape index (κ2) is 5.51. The maximum Gasteiger partial charge on any atom is 0.148 e. The average molecular weight is 358 g/mol. The maximum atomic E-state index is 5.72. The van der Waals surface area contributed by atoms with Crippen molar-refractivity contribution in [2.45, 2.75) is 6.61 Å². The van der Waals surface area contributed by atoms with E-state index in [4.69, 9.17) is 10.5 Å². The predicted octanol–water partition coefficient (Wildman–Crippen LogP) is 3.77. The van der Waals surface area contributed by atoms with E-state index >= 15 is 0 Å². The van der Waals surface area contributed by atoms with E-state index in [2.05, 4.69) is 36.8 Å². The third kappa shape index (κ3) is 3.20. The molecule has 3 nitrogen and oxygen atoms in total. The van der Waals surface area contributed by atoms with Crippen molar-refractivity contribution in [3.05, 3.63) is 51.0 Å². The van der Waals surface area contributed by atoms with Crippen LogP contribution < -0.4 is 10.5 Å². The molecule has 0 fully saturated rings. The number of ether oxygens (including phenoxy) is 1. The molecule has 0 unspecified atom stereocenters. The molecule has 1 aromatic heterocycles. The zero-order valence-electron chi connectivity index (χ0n) is 8.86. The lowest BCUT2D eigenvalue weighted by Crippen LogP contribution is -1.98. The smallest absolute Gasteiger partial charge is 0.148 e. The van der Waals surface area contributed by atoms with Gasteiger partial charge in [0.05, 0.1) is 8.95 Å². The molecule has 0 bridgehead atoms. The van der Waals surface area contributed by atoms with Gasteiger partial charge in [0.2, 0.25) is 0 Å². The number of benzene rings is 1. The number of pyridine rings is 1. The van der Waals surface area contributed by atoms with Gasteiger partial charge in [-0.3, -0.25) is 0 Å². The van der Waals surface area contributed by atoms with E-state index in [1.54, 1.807) is 12.3 Å². The number of hydrogen-bond acceptors (Lipinski definition) is 3. The lowest BCUT2D eigenvalue weighted by atomic mass is 10.3. The third-order valence-electron chi connectivity index (χ3n) is 2.15. The van der Waals surface area contributed by atoms with E-state index in [0.29, 0.717) is 12.4 Å². The molecule has 1 aromatic carbocycles. The molecule has 1 heterocycles. The number of hydrogen-bond donors (Lipinski definition) is 1. The number of nitrogens with zero attached hydrogens (tertiary/aromatic N) is 1. The van der Waals surface area contributed by atoms with Gasteiger partial charge in [0.1, 0.15) is 18.2 Å². The first-order valence-corrected chi connectivity index (χ1v) is 6.52. The van der Waals surface area contributed by atoms with Crippen LogP contribution in [0.3, 0.4) is 0 Å². The first-order chi connectivity index (χ1) is 8.16. The molecule has 0 aliphatic heterocycles. The fourth-order valence-corrected chi connectivity index (χ4v) is 2.52. The van der Waals surface area contributed by atoms with Crippen molar-refractivity contribution in [2.75, 3.05) is 5.73 Å². The molecular weight excluding hydrogens is 348 g/mol. The molecule has 0 atom stereocenters. The molecule has 2 rings (SSSR count). The molecule has 2 aromatic rings. The van der Waals surface area contributed by atoms with E-state index in [0.717, 1.165) is 20.3 Å². The Kier molecular flexibility index (Phi) is 4.02. The molecule has 0 saturated carbocycles. The normalized spacial score (nSPS) is 10.2. The van der Waals surface area contributed by atoms with Gasteiger partial charge in [-0.15, -0.1) is 0 Å². The van der Waals surface area contributed by atoms with E-state index in [1.807, 2.05) is 24.3 Å². The zero-order chi connectivity index (χ0) is 12.3. The summed E-state index contributed by atoms with van der Waals surface area (Å²) in [6.45, 7) is 0.453. The number of anilines is 1. The Bertz CT molecular complexity index is 494. The number of rotatable bonds is 3.